The summed E-state index contributed by atoms with van der Waals surface area (Å²) >= 11 is 1.72. The molecule has 2 aromatic rings. The lowest BCUT2D eigenvalue weighted by atomic mass is 10.2. The van der Waals surface area contributed by atoms with E-state index in [1.165, 1.54) is 10.4 Å². The first-order valence-corrected chi connectivity index (χ1v) is 7.54. The lowest BCUT2D eigenvalue weighted by Crippen LogP contribution is -2.23. The standard InChI is InChI=1S/C14H17N3OS/c1-2-10-5-8-19-12(10)9-16-13-14(18)17(7-6-15-13)11-3-4-11/h5-8,11H,2-4,9H2,1H3,(H,15,16). The molecule has 0 aliphatic heterocycles. The second-order valence-corrected chi connectivity index (χ2v) is 5.80. The quantitative estimate of drug-likeness (QED) is 0.912. The molecule has 1 saturated carbocycles. The topological polar surface area (TPSA) is 46.9 Å². The Morgan fingerprint density at radius 1 is 1.53 bits per heavy atom. The zero-order chi connectivity index (χ0) is 13.2. The first-order chi connectivity index (χ1) is 9.29. The summed E-state index contributed by atoms with van der Waals surface area (Å²) in [6.07, 6.45) is 6.72. The molecule has 0 unspecified atom stereocenters. The Morgan fingerprint density at radius 2 is 2.37 bits per heavy atom. The average molecular weight is 275 g/mol. The highest BCUT2D eigenvalue weighted by Crippen LogP contribution is 2.33. The maximum Gasteiger partial charge on any atom is 0.293 e. The number of nitrogens with zero attached hydrogens (tertiary/aromatic N) is 2. The molecular formula is C14H17N3OS. The fourth-order valence-electron chi connectivity index (χ4n) is 2.19. The Balaban J connectivity index is 1.77. The molecule has 3 rings (SSSR count). The van der Waals surface area contributed by atoms with E-state index in [0.29, 0.717) is 18.4 Å². The van der Waals surface area contributed by atoms with Crippen molar-refractivity contribution in [1.29, 1.82) is 0 Å². The van der Waals surface area contributed by atoms with Crippen molar-refractivity contribution in [3.8, 4) is 0 Å². The zero-order valence-corrected chi connectivity index (χ0v) is 11.7. The summed E-state index contributed by atoms with van der Waals surface area (Å²) < 4.78 is 1.80. The highest BCUT2D eigenvalue weighted by Gasteiger charge is 2.25. The first-order valence-electron chi connectivity index (χ1n) is 6.66. The molecule has 2 aromatic heterocycles. The minimum atomic E-state index is -0.000366. The van der Waals surface area contributed by atoms with Crippen LogP contribution in [0.4, 0.5) is 5.82 Å². The van der Waals surface area contributed by atoms with E-state index in [2.05, 4.69) is 28.7 Å². The molecule has 0 bridgehead atoms. The van der Waals surface area contributed by atoms with Crippen LogP contribution in [0.25, 0.3) is 0 Å². The summed E-state index contributed by atoms with van der Waals surface area (Å²) in [6.45, 7) is 2.82. The SMILES string of the molecule is CCc1ccsc1CNc1nccn(C2CC2)c1=O. The molecule has 2 heterocycles. The molecule has 0 saturated heterocycles. The van der Waals surface area contributed by atoms with E-state index in [1.54, 1.807) is 28.3 Å². The molecule has 0 aromatic carbocycles. The molecule has 0 spiro atoms. The second kappa shape index (κ2) is 5.17. The number of thiophene rings is 1. The largest absolute Gasteiger partial charge is 0.361 e. The smallest absolute Gasteiger partial charge is 0.293 e. The summed E-state index contributed by atoms with van der Waals surface area (Å²) in [5.41, 5.74) is 1.34. The van der Waals surface area contributed by atoms with Gasteiger partial charge >= 0.3 is 0 Å². The van der Waals surface area contributed by atoms with E-state index in [0.717, 1.165) is 19.3 Å². The van der Waals surface area contributed by atoms with Crippen LogP contribution in [-0.2, 0) is 13.0 Å². The van der Waals surface area contributed by atoms with Crippen molar-refractivity contribution in [1.82, 2.24) is 9.55 Å². The Kier molecular flexibility index (Phi) is 3.38. The molecule has 1 aliphatic rings. The normalized spacial score (nSPS) is 14.6. The van der Waals surface area contributed by atoms with Crippen molar-refractivity contribution in [3.63, 3.8) is 0 Å². The number of rotatable bonds is 5. The van der Waals surface area contributed by atoms with Crippen LogP contribution in [0.3, 0.4) is 0 Å². The van der Waals surface area contributed by atoms with Crippen molar-refractivity contribution in [2.24, 2.45) is 0 Å². The predicted molar refractivity (Wildman–Crippen MR) is 77.8 cm³/mol. The maximum atomic E-state index is 12.2. The monoisotopic (exact) mass is 275 g/mol. The molecule has 4 nitrogen and oxygen atoms in total. The van der Waals surface area contributed by atoms with Crippen LogP contribution in [0.5, 0.6) is 0 Å². The third-order valence-electron chi connectivity index (χ3n) is 3.44. The van der Waals surface area contributed by atoms with Crippen LogP contribution < -0.4 is 10.9 Å². The fraction of sp³-hybridized carbons (Fsp3) is 0.429. The number of hydrogen-bond donors (Lipinski definition) is 1. The van der Waals surface area contributed by atoms with Gasteiger partial charge in [0, 0.05) is 23.3 Å². The zero-order valence-electron chi connectivity index (χ0n) is 10.9. The van der Waals surface area contributed by atoms with Crippen LogP contribution in [-0.4, -0.2) is 9.55 Å². The molecule has 0 amide bonds. The van der Waals surface area contributed by atoms with Crippen LogP contribution in [0.2, 0.25) is 0 Å². The van der Waals surface area contributed by atoms with E-state index >= 15 is 0 Å². The molecule has 5 heteroatoms. The number of hydrogen-bond acceptors (Lipinski definition) is 4. The minimum absolute atomic E-state index is 0.000366. The Morgan fingerprint density at radius 3 is 3.11 bits per heavy atom. The van der Waals surface area contributed by atoms with E-state index < -0.39 is 0 Å². The van der Waals surface area contributed by atoms with Gasteiger partial charge in [-0.2, -0.15) is 0 Å². The van der Waals surface area contributed by atoms with Crippen LogP contribution in [0.1, 0.15) is 36.2 Å². The predicted octanol–water partition coefficient (Wildman–Crippen LogP) is 2.81. The lowest BCUT2D eigenvalue weighted by Gasteiger charge is -2.08. The van der Waals surface area contributed by atoms with Gasteiger partial charge in [-0.15, -0.1) is 11.3 Å². The van der Waals surface area contributed by atoms with E-state index in [9.17, 15) is 4.79 Å². The third-order valence-corrected chi connectivity index (χ3v) is 4.41. The van der Waals surface area contributed by atoms with Gasteiger partial charge < -0.3 is 9.88 Å². The second-order valence-electron chi connectivity index (χ2n) is 4.80. The van der Waals surface area contributed by atoms with Gasteiger partial charge in [0.1, 0.15) is 0 Å². The molecule has 1 N–H and O–H groups in total. The van der Waals surface area contributed by atoms with Gasteiger partial charge in [-0.05, 0) is 36.3 Å². The number of nitrogens with one attached hydrogen (secondary N) is 1. The van der Waals surface area contributed by atoms with Gasteiger partial charge in [0.2, 0.25) is 0 Å². The number of aryl methyl sites for hydroxylation is 1. The van der Waals surface area contributed by atoms with Gasteiger partial charge in [-0.1, -0.05) is 6.92 Å². The van der Waals surface area contributed by atoms with Crippen molar-refractivity contribution < 1.29 is 0 Å². The van der Waals surface area contributed by atoms with Gasteiger partial charge in [-0.25, -0.2) is 4.98 Å². The summed E-state index contributed by atoms with van der Waals surface area (Å²) in [4.78, 5) is 17.7. The number of aromatic nitrogens is 2. The van der Waals surface area contributed by atoms with Crippen molar-refractivity contribution in [3.05, 3.63) is 44.6 Å². The Hall–Kier alpha value is -1.62. The molecule has 0 radical (unpaired) electrons. The Bertz CT molecular complexity index is 628. The summed E-state index contributed by atoms with van der Waals surface area (Å²) in [5.74, 6) is 0.463. The van der Waals surface area contributed by atoms with Gasteiger partial charge in [-0.3, -0.25) is 4.79 Å². The van der Waals surface area contributed by atoms with Gasteiger partial charge in [0.15, 0.2) is 5.82 Å². The van der Waals surface area contributed by atoms with E-state index in [1.807, 2.05) is 0 Å². The highest BCUT2D eigenvalue weighted by atomic mass is 32.1. The lowest BCUT2D eigenvalue weighted by molar-refractivity contribution is 0.699. The molecule has 0 atom stereocenters. The molecule has 1 aliphatic carbocycles. The van der Waals surface area contributed by atoms with Crippen molar-refractivity contribution in [2.75, 3.05) is 5.32 Å². The van der Waals surface area contributed by atoms with Crippen LogP contribution in [0, 0.1) is 0 Å². The van der Waals surface area contributed by atoms with Crippen molar-refractivity contribution >= 4 is 17.2 Å². The molecule has 1 fully saturated rings. The fourth-order valence-corrected chi connectivity index (χ4v) is 3.10. The Labute approximate surface area is 116 Å². The minimum Gasteiger partial charge on any atom is -0.361 e. The average Bonchev–Trinajstić information content (AvgIpc) is 3.16. The molecule has 100 valence electrons. The van der Waals surface area contributed by atoms with E-state index in [-0.39, 0.29) is 5.56 Å². The van der Waals surface area contributed by atoms with E-state index in [4.69, 9.17) is 0 Å². The molecular weight excluding hydrogens is 258 g/mol. The van der Waals surface area contributed by atoms with Crippen molar-refractivity contribution in [2.45, 2.75) is 38.8 Å². The molecule has 19 heavy (non-hydrogen) atoms. The first kappa shape index (κ1) is 12.4. The van der Waals surface area contributed by atoms with Crippen LogP contribution >= 0.6 is 11.3 Å². The summed E-state index contributed by atoms with van der Waals surface area (Å²) in [6, 6.07) is 2.53. The summed E-state index contributed by atoms with van der Waals surface area (Å²) in [7, 11) is 0. The maximum absolute atomic E-state index is 12.2. The van der Waals surface area contributed by atoms with Crippen LogP contribution in [0.15, 0.2) is 28.6 Å². The number of anilines is 1. The van der Waals surface area contributed by atoms with Gasteiger partial charge in [0.25, 0.3) is 5.56 Å². The summed E-state index contributed by atoms with van der Waals surface area (Å²) in [5, 5.41) is 5.27. The third kappa shape index (κ3) is 2.56. The highest BCUT2D eigenvalue weighted by molar-refractivity contribution is 7.10. The van der Waals surface area contributed by atoms with Gasteiger partial charge in [0.05, 0.1) is 6.54 Å².